The number of hydrazone groups is 1. The molecule has 0 N–H and O–H groups in total. The van der Waals surface area contributed by atoms with Crippen molar-refractivity contribution in [1.82, 2.24) is 5.01 Å². The molecule has 0 aliphatic carbocycles. The summed E-state index contributed by atoms with van der Waals surface area (Å²) < 4.78 is 0. The number of nitro benzene ring substituents is 1. The third kappa shape index (κ3) is 2.33. The van der Waals surface area contributed by atoms with Crippen molar-refractivity contribution in [3.8, 4) is 0 Å². The van der Waals surface area contributed by atoms with Gasteiger partial charge in [0.15, 0.2) is 0 Å². The molecule has 1 aromatic rings. The highest BCUT2D eigenvalue weighted by Gasteiger charge is 2.25. The summed E-state index contributed by atoms with van der Waals surface area (Å²) in [6.07, 6.45) is 0.487. The van der Waals surface area contributed by atoms with Gasteiger partial charge in [0.2, 0.25) is 5.91 Å². The van der Waals surface area contributed by atoms with Crippen LogP contribution in [-0.4, -0.2) is 28.1 Å². The Kier molecular flexibility index (Phi) is 3.29. The van der Waals surface area contributed by atoms with E-state index < -0.39 is 4.92 Å². The number of halogens is 1. The smallest absolute Gasteiger partial charge is 0.273 e. The predicted octanol–water partition coefficient (Wildman–Crippen LogP) is 2.20. The summed E-state index contributed by atoms with van der Waals surface area (Å²) in [5.74, 6) is -0.185. The molecule has 1 aliphatic heterocycles. The van der Waals surface area contributed by atoms with Gasteiger partial charge in [-0.05, 0) is 12.1 Å². The van der Waals surface area contributed by atoms with Gasteiger partial charge in [0.25, 0.3) is 5.69 Å². The second-order valence-electron chi connectivity index (χ2n) is 3.86. The van der Waals surface area contributed by atoms with E-state index in [-0.39, 0.29) is 11.6 Å². The minimum atomic E-state index is -0.482. The Morgan fingerprint density at radius 1 is 1.56 bits per heavy atom. The Morgan fingerprint density at radius 2 is 2.28 bits per heavy atom. The molecule has 6 nitrogen and oxygen atoms in total. The Hall–Kier alpha value is -1.95. The third-order valence-electron chi connectivity index (χ3n) is 2.63. The van der Waals surface area contributed by atoms with E-state index in [9.17, 15) is 14.9 Å². The minimum absolute atomic E-state index is 0.0523. The number of benzene rings is 1. The summed E-state index contributed by atoms with van der Waals surface area (Å²) in [5, 5.41) is 16.7. The van der Waals surface area contributed by atoms with Crippen LogP contribution in [0.2, 0.25) is 5.02 Å². The first-order valence-electron chi connectivity index (χ1n) is 5.29. The molecule has 0 saturated carbocycles. The van der Waals surface area contributed by atoms with Crippen molar-refractivity contribution >= 4 is 28.9 Å². The van der Waals surface area contributed by atoms with Crippen molar-refractivity contribution in [2.45, 2.75) is 13.3 Å². The fourth-order valence-corrected chi connectivity index (χ4v) is 1.94. The standard InChI is InChI=1S/C11H10ClN3O3/c1-7(16)14-5-4-10(13-14)9-6-8(12)2-3-11(9)15(17)18/h2-3,6H,4-5H2,1H3. The van der Waals surface area contributed by atoms with Crippen LogP contribution in [0.15, 0.2) is 23.3 Å². The van der Waals surface area contributed by atoms with Gasteiger partial charge in [-0.25, -0.2) is 5.01 Å². The van der Waals surface area contributed by atoms with Crippen molar-refractivity contribution in [1.29, 1.82) is 0 Å². The number of carbonyl (C=O) groups excluding carboxylic acids is 1. The summed E-state index contributed by atoms with van der Waals surface area (Å²) in [6, 6.07) is 4.31. The van der Waals surface area contributed by atoms with E-state index in [1.807, 2.05) is 0 Å². The lowest BCUT2D eigenvalue weighted by Gasteiger charge is -2.06. The zero-order valence-electron chi connectivity index (χ0n) is 9.59. The molecule has 0 fully saturated rings. The van der Waals surface area contributed by atoms with Gasteiger partial charge in [-0.2, -0.15) is 5.10 Å². The second kappa shape index (κ2) is 4.73. The molecule has 1 heterocycles. The van der Waals surface area contributed by atoms with Crippen molar-refractivity contribution in [2.75, 3.05) is 6.54 Å². The minimum Gasteiger partial charge on any atom is -0.273 e. The molecule has 1 aromatic carbocycles. The van der Waals surface area contributed by atoms with E-state index >= 15 is 0 Å². The van der Waals surface area contributed by atoms with Crippen LogP contribution in [-0.2, 0) is 4.79 Å². The zero-order chi connectivity index (χ0) is 13.3. The average Bonchev–Trinajstić information content (AvgIpc) is 2.77. The van der Waals surface area contributed by atoms with Crippen molar-refractivity contribution in [3.05, 3.63) is 38.9 Å². The van der Waals surface area contributed by atoms with Crippen molar-refractivity contribution < 1.29 is 9.72 Å². The molecule has 0 radical (unpaired) electrons. The van der Waals surface area contributed by atoms with Crippen LogP contribution in [0, 0.1) is 10.1 Å². The maximum Gasteiger partial charge on any atom is 0.278 e. The predicted molar refractivity (Wildman–Crippen MR) is 66.6 cm³/mol. The number of hydrogen-bond donors (Lipinski definition) is 0. The quantitative estimate of drug-likeness (QED) is 0.609. The molecule has 1 aliphatic rings. The van der Waals surface area contributed by atoms with Crippen LogP contribution >= 0.6 is 11.6 Å². The molecule has 0 aromatic heterocycles. The highest BCUT2D eigenvalue weighted by atomic mass is 35.5. The number of carbonyl (C=O) groups is 1. The van der Waals surface area contributed by atoms with Crippen LogP contribution in [0.4, 0.5) is 5.69 Å². The average molecular weight is 268 g/mol. The van der Waals surface area contributed by atoms with E-state index in [4.69, 9.17) is 11.6 Å². The van der Waals surface area contributed by atoms with Gasteiger partial charge < -0.3 is 0 Å². The maximum atomic E-state index is 11.2. The molecular weight excluding hydrogens is 258 g/mol. The normalized spacial score (nSPS) is 14.6. The first kappa shape index (κ1) is 12.5. The van der Waals surface area contributed by atoms with Gasteiger partial charge in [-0.1, -0.05) is 11.6 Å². The lowest BCUT2D eigenvalue weighted by atomic mass is 10.1. The molecule has 0 spiro atoms. The Bertz CT molecular complexity index is 556. The lowest BCUT2D eigenvalue weighted by molar-refractivity contribution is -0.385. The number of hydrogen-bond acceptors (Lipinski definition) is 4. The van der Waals surface area contributed by atoms with E-state index in [0.29, 0.717) is 29.3 Å². The van der Waals surface area contributed by atoms with Gasteiger partial charge >= 0.3 is 0 Å². The molecule has 7 heteroatoms. The van der Waals surface area contributed by atoms with Crippen LogP contribution < -0.4 is 0 Å². The number of rotatable bonds is 2. The largest absolute Gasteiger partial charge is 0.278 e. The molecule has 0 atom stereocenters. The molecule has 0 saturated heterocycles. The maximum absolute atomic E-state index is 11.2. The highest BCUT2D eigenvalue weighted by Crippen LogP contribution is 2.26. The fraction of sp³-hybridized carbons (Fsp3) is 0.273. The topological polar surface area (TPSA) is 75.8 Å². The highest BCUT2D eigenvalue weighted by molar-refractivity contribution is 6.31. The Morgan fingerprint density at radius 3 is 2.83 bits per heavy atom. The van der Waals surface area contributed by atoms with Gasteiger partial charge in [0.1, 0.15) is 0 Å². The second-order valence-corrected chi connectivity index (χ2v) is 4.29. The van der Waals surface area contributed by atoms with Crippen LogP contribution in [0.25, 0.3) is 0 Å². The summed E-state index contributed by atoms with van der Waals surface area (Å²) >= 11 is 5.84. The van der Waals surface area contributed by atoms with E-state index in [1.165, 1.54) is 30.1 Å². The Labute approximate surface area is 108 Å². The zero-order valence-corrected chi connectivity index (χ0v) is 10.3. The van der Waals surface area contributed by atoms with Crippen LogP contribution in [0.1, 0.15) is 18.9 Å². The lowest BCUT2D eigenvalue weighted by Crippen LogP contribution is -2.19. The molecule has 2 rings (SSSR count). The van der Waals surface area contributed by atoms with Crippen molar-refractivity contribution in [3.63, 3.8) is 0 Å². The summed E-state index contributed by atoms with van der Waals surface area (Å²) in [5.41, 5.74) is 0.833. The molecule has 0 unspecified atom stereocenters. The molecular formula is C11H10ClN3O3. The van der Waals surface area contributed by atoms with Gasteiger partial charge in [-0.3, -0.25) is 14.9 Å². The van der Waals surface area contributed by atoms with Crippen molar-refractivity contribution in [2.24, 2.45) is 5.10 Å². The molecule has 1 amide bonds. The van der Waals surface area contributed by atoms with Crippen LogP contribution in [0.3, 0.4) is 0 Å². The van der Waals surface area contributed by atoms with Gasteiger partial charge in [0.05, 0.1) is 22.7 Å². The van der Waals surface area contributed by atoms with Crippen LogP contribution in [0.5, 0.6) is 0 Å². The van der Waals surface area contributed by atoms with E-state index in [0.717, 1.165) is 0 Å². The van der Waals surface area contributed by atoms with E-state index in [2.05, 4.69) is 5.10 Å². The molecule has 0 bridgehead atoms. The molecule has 94 valence electrons. The van der Waals surface area contributed by atoms with Gasteiger partial charge in [-0.15, -0.1) is 0 Å². The number of amides is 1. The summed E-state index contributed by atoms with van der Waals surface area (Å²) in [6.45, 7) is 1.84. The monoisotopic (exact) mass is 267 g/mol. The molecule has 18 heavy (non-hydrogen) atoms. The van der Waals surface area contributed by atoms with E-state index in [1.54, 1.807) is 0 Å². The first-order valence-corrected chi connectivity index (χ1v) is 5.66. The third-order valence-corrected chi connectivity index (χ3v) is 2.87. The first-order chi connectivity index (χ1) is 8.49. The Balaban J connectivity index is 2.45. The number of nitro groups is 1. The summed E-state index contributed by atoms with van der Waals surface area (Å²) in [7, 11) is 0. The summed E-state index contributed by atoms with van der Waals surface area (Å²) in [4.78, 5) is 21.6. The SMILES string of the molecule is CC(=O)N1CCC(c2cc(Cl)ccc2[N+](=O)[O-])=N1. The van der Waals surface area contributed by atoms with Gasteiger partial charge in [0, 0.05) is 24.4 Å². The fourth-order valence-electron chi connectivity index (χ4n) is 1.77. The number of nitrogens with zero attached hydrogens (tertiary/aromatic N) is 3.